The van der Waals surface area contributed by atoms with Gasteiger partial charge in [-0.15, -0.1) is 0 Å². The molecule has 0 amide bonds. The van der Waals surface area contributed by atoms with Crippen molar-refractivity contribution < 1.29 is 16.9 Å². The highest BCUT2D eigenvalue weighted by molar-refractivity contribution is 4.53. The van der Waals surface area contributed by atoms with Crippen molar-refractivity contribution in [3.8, 4) is 0 Å². The summed E-state index contributed by atoms with van der Waals surface area (Å²) in [5, 5.41) is 0. The number of unbranched alkanes of at least 4 members (excludes halogenated alkanes) is 12. The molecule has 0 N–H and O–H groups in total. The Morgan fingerprint density at radius 3 is 1.36 bits per heavy atom. The molecule has 0 aromatic heterocycles. The molecule has 2 heteroatoms. The summed E-state index contributed by atoms with van der Waals surface area (Å²) in [6.45, 7) is 6.63. The monoisotopic (exact) mass is 331 g/mol. The summed E-state index contributed by atoms with van der Waals surface area (Å²) in [5.41, 5.74) is 0. The van der Waals surface area contributed by atoms with Crippen LogP contribution in [0.5, 0.6) is 0 Å². The zero-order chi connectivity index (χ0) is 15.2. The van der Waals surface area contributed by atoms with E-state index in [1.807, 2.05) is 0 Å². The van der Waals surface area contributed by atoms with Crippen LogP contribution in [0.2, 0.25) is 0 Å². The molecule has 0 saturated carbocycles. The minimum Gasteiger partial charge on any atom is -1.00 e. The summed E-state index contributed by atoms with van der Waals surface area (Å²) in [5.74, 6) is 0. The van der Waals surface area contributed by atoms with Crippen LogP contribution < -0.4 is 12.4 Å². The van der Waals surface area contributed by atoms with Gasteiger partial charge >= 0.3 is 0 Å². The van der Waals surface area contributed by atoms with Gasteiger partial charge in [-0.05, 0) is 12.8 Å². The summed E-state index contributed by atoms with van der Waals surface area (Å²) >= 11 is 0. The Morgan fingerprint density at radius 2 is 0.955 bits per heavy atom. The molecule has 1 rings (SSSR count). The maximum atomic E-state index is 2.47. The summed E-state index contributed by atoms with van der Waals surface area (Å²) < 4.78 is 1.37. The van der Waals surface area contributed by atoms with E-state index in [1.54, 1.807) is 0 Å². The van der Waals surface area contributed by atoms with Crippen molar-refractivity contribution in [3.63, 3.8) is 0 Å². The second-order valence-corrected chi connectivity index (χ2v) is 7.74. The molecule has 1 heterocycles. The van der Waals surface area contributed by atoms with Crippen LogP contribution in [-0.4, -0.2) is 31.2 Å². The number of quaternary nitrogens is 1. The predicted molar refractivity (Wildman–Crippen MR) is 95.7 cm³/mol. The fourth-order valence-corrected chi connectivity index (χ4v) is 3.83. The molecule has 1 saturated heterocycles. The second-order valence-electron chi connectivity index (χ2n) is 7.74. The quantitative estimate of drug-likeness (QED) is 0.338. The Hall–Kier alpha value is 0.250. The summed E-state index contributed by atoms with van der Waals surface area (Å²) in [6.07, 6.45) is 22.0. The third-order valence-corrected chi connectivity index (χ3v) is 5.45. The van der Waals surface area contributed by atoms with E-state index >= 15 is 0 Å². The number of rotatable bonds is 14. The van der Waals surface area contributed by atoms with Crippen LogP contribution in [0.15, 0.2) is 0 Å². The van der Waals surface area contributed by atoms with Gasteiger partial charge in [-0.1, -0.05) is 77.6 Å². The van der Waals surface area contributed by atoms with E-state index in [1.165, 1.54) is 120 Å². The topological polar surface area (TPSA) is 0 Å². The number of hydrogen-bond acceptors (Lipinski definition) is 0. The van der Waals surface area contributed by atoms with Crippen LogP contribution in [0.1, 0.15) is 103 Å². The van der Waals surface area contributed by atoms with Crippen molar-refractivity contribution in [2.45, 2.75) is 103 Å². The molecule has 22 heavy (non-hydrogen) atoms. The largest absolute Gasteiger partial charge is 1.00 e. The molecule has 0 unspecified atom stereocenters. The standard InChI is InChI=1S/C20H42N.ClH/c1-3-4-5-6-7-8-9-10-11-12-13-14-15-18-21(2)19-16-17-20-21;/h3-20H2,1-2H3;1H/q+1;/p-1. The zero-order valence-electron chi connectivity index (χ0n) is 15.6. The average Bonchev–Trinajstić information content (AvgIpc) is 2.91. The number of hydrogen-bond donors (Lipinski definition) is 0. The lowest BCUT2D eigenvalue weighted by atomic mass is 10.0. The molecule has 1 aliphatic rings. The smallest absolute Gasteiger partial charge is 0.0786 e. The maximum Gasteiger partial charge on any atom is 0.0786 e. The zero-order valence-corrected chi connectivity index (χ0v) is 16.3. The van der Waals surface area contributed by atoms with Gasteiger partial charge in [0.15, 0.2) is 0 Å². The average molecular weight is 332 g/mol. The summed E-state index contributed by atoms with van der Waals surface area (Å²) in [6, 6.07) is 0. The molecule has 0 radical (unpaired) electrons. The van der Waals surface area contributed by atoms with Crippen molar-refractivity contribution in [1.82, 2.24) is 0 Å². The third-order valence-electron chi connectivity index (χ3n) is 5.45. The van der Waals surface area contributed by atoms with Crippen molar-refractivity contribution >= 4 is 0 Å². The molecule has 1 aliphatic heterocycles. The van der Waals surface area contributed by atoms with Crippen LogP contribution >= 0.6 is 0 Å². The summed E-state index contributed by atoms with van der Waals surface area (Å²) in [7, 11) is 2.47. The van der Waals surface area contributed by atoms with Crippen molar-refractivity contribution in [2.75, 3.05) is 26.7 Å². The lowest BCUT2D eigenvalue weighted by Gasteiger charge is -2.29. The Bertz CT molecular complexity index is 224. The van der Waals surface area contributed by atoms with Gasteiger partial charge < -0.3 is 16.9 Å². The van der Waals surface area contributed by atoms with Crippen LogP contribution in [0.3, 0.4) is 0 Å². The molecule has 0 spiro atoms. The highest BCUT2D eigenvalue weighted by Gasteiger charge is 2.25. The normalized spacial score (nSPS) is 16.6. The number of nitrogens with zero attached hydrogens (tertiary/aromatic N) is 1. The Morgan fingerprint density at radius 1 is 0.591 bits per heavy atom. The lowest BCUT2D eigenvalue weighted by Crippen LogP contribution is -3.00. The highest BCUT2D eigenvalue weighted by Crippen LogP contribution is 2.18. The van der Waals surface area contributed by atoms with Gasteiger partial charge in [0.2, 0.25) is 0 Å². The lowest BCUT2D eigenvalue weighted by molar-refractivity contribution is -0.897. The molecule has 0 aromatic carbocycles. The van der Waals surface area contributed by atoms with Gasteiger partial charge in [0.25, 0.3) is 0 Å². The predicted octanol–water partition coefficient (Wildman–Crippen LogP) is 3.32. The molecule has 1 fully saturated rings. The Balaban J connectivity index is 0.00000441. The molecule has 0 bridgehead atoms. The molecular weight excluding hydrogens is 290 g/mol. The Labute approximate surface area is 147 Å². The molecule has 0 aliphatic carbocycles. The van der Waals surface area contributed by atoms with E-state index in [4.69, 9.17) is 0 Å². The fraction of sp³-hybridized carbons (Fsp3) is 1.00. The highest BCUT2D eigenvalue weighted by atomic mass is 35.5. The molecule has 0 atom stereocenters. The minimum absolute atomic E-state index is 0. The van der Waals surface area contributed by atoms with Crippen LogP contribution in [0.4, 0.5) is 0 Å². The minimum atomic E-state index is 0. The van der Waals surface area contributed by atoms with Gasteiger partial charge in [-0.25, -0.2) is 0 Å². The van der Waals surface area contributed by atoms with Gasteiger partial charge in [0.1, 0.15) is 0 Å². The molecular formula is C20H42ClN. The molecule has 134 valence electrons. The van der Waals surface area contributed by atoms with Crippen LogP contribution in [0, 0.1) is 0 Å². The van der Waals surface area contributed by atoms with Crippen molar-refractivity contribution in [2.24, 2.45) is 0 Å². The SMILES string of the molecule is CCCCCCCCCCCCCCC[N+]1(C)CCCC1.[Cl-]. The van der Waals surface area contributed by atoms with Gasteiger partial charge in [0.05, 0.1) is 26.7 Å². The van der Waals surface area contributed by atoms with Gasteiger partial charge in [-0.3, -0.25) is 0 Å². The van der Waals surface area contributed by atoms with E-state index in [0.29, 0.717) is 0 Å². The van der Waals surface area contributed by atoms with Gasteiger partial charge in [-0.2, -0.15) is 0 Å². The first-order valence-corrected chi connectivity index (χ1v) is 10.1. The van der Waals surface area contributed by atoms with Crippen LogP contribution in [0.25, 0.3) is 0 Å². The number of halogens is 1. The first-order chi connectivity index (χ1) is 10.3. The van der Waals surface area contributed by atoms with E-state index < -0.39 is 0 Å². The van der Waals surface area contributed by atoms with E-state index in [0.717, 1.165) is 0 Å². The molecule has 0 aromatic rings. The maximum absolute atomic E-state index is 2.47. The van der Waals surface area contributed by atoms with E-state index in [2.05, 4.69) is 14.0 Å². The van der Waals surface area contributed by atoms with Gasteiger partial charge in [0, 0.05) is 12.8 Å². The first kappa shape index (κ1) is 22.2. The number of likely N-dealkylation sites (tertiary alicyclic amines) is 1. The van der Waals surface area contributed by atoms with E-state index in [-0.39, 0.29) is 12.4 Å². The van der Waals surface area contributed by atoms with Crippen LogP contribution in [-0.2, 0) is 0 Å². The first-order valence-electron chi connectivity index (χ1n) is 10.1. The molecule has 1 nitrogen and oxygen atoms in total. The summed E-state index contributed by atoms with van der Waals surface area (Å²) in [4.78, 5) is 0. The van der Waals surface area contributed by atoms with E-state index in [9.17, 15) is 0 Å². The third kappa shape index (κ3) is 11.8. The van der Waals surface area contributed by atoms with Crippen molar-refractivity contribution in [3.05, 3.63) is 0 Å². The van der Waals surface area contributed by atoms with Crippen molar-refractivity contribution in [1.29, 1.82) is 0 Å². The Kier molecular flexibility index (Phi) is 15.0. The fourth-order valence-electron chi connectivity index (χ4n) is 3.83. The second kappa shape index (κ2) is 14.8.